The third kappa shape index (κ3) is 2.95. The molecule has 2 unspecified atom stereocenters. The van der Waals surface area contributed by atoms with Gasteiger partial charge < -0.3 is 10.5 Å². The average Bonchev–Trinajstić information content (AvgIpc) is 2.41. The molecule has 0 aliphatic heterocycles. The standard InChI is InChI=1S/C15H22N2O2/c1-11-5-3-7-15(10-11,19-2)13(18)9-12-6-4-8-17-14(12)16/h4,6,8,11H,3,5,7,9-10H2,1-2H3,(H2,16,17). The number of hydrogen-bond donors (Lipinski definition) is 1. The summed E-state index contributed by atoms with van der Waals surface area (Å²) in [5.41, 5.74) is 5.97. The van der Waals surface area contributed by atoms with E-state index in [1.165, 1.54) is 6.42 Å². The monoisotopic (exact) mass is 262 g/mol. The van der Waals surface area contributed by atoms with Crippen LogP contribution in [-0.2, 0) is 16.0 Å². The van der Waals surface area contributed by atoms with Gasteiger partial charge in [-0.15, -0.1) is 0 Å². The summed E-state index contributed by atoms with van der Waals surface area (Å²) in [6.45, 7) is 2.18. The lowest BCUT2D eigenvalue weighted by molar-refractivity contribution is -0.146. The molecule has 1 aromatic rings. The van der Waals surface area contributed by atoms with Gasteiger partial charge in [-0.25, -0.2) is 4.98 Å². The van der Waals surface area contributed by atoms with Gasteiger partial charge >= 0.3 is 0 Å². The van der Waals surface area contributed by atoms with Gasteiger partial charge in [0.15, 0.2) is 5.78 Å². The molecule has 1 aliphatic carbocycles. The summed E-state index contributed by atoms with van der Waals surface area (Å²) in [5, 5.41) is 0. The Bertz CT molecular complexity index is 461. The highest BCUT2D eigenvalue weighted by molar-refractivity contribution is 5.90. The van der Waals surface area contributed by atoms with Crippen molar-refractivity contribution in [3.63, 3.8) is 0 Å². The summed E-state index contributed by atoms with van der Waals surface area (Å²) < 4.78 is 5.61. The Labute approximate surface area is 114 Å². The van der Waals surface area contributed by atoms with Gasteiger partial charge in [-0.2, -0.15) is 0 Å². The first kappa shape index (κ1) is 14.0. The quantitative estimate of drug-likeness (QED) is 0.904. The van der Waals surface area contributed by atoms with E-state index >= 15 is 0 Å². The molecule has 4 heteroatoms. The summed E-state index contributed by atoms with van der Waals surface area (Å²) in [7, 11) is 1.64. The van der Waals surface area contributed by atoms with E-state index in [4.69, 9.17) is 10.5 Å². The van der Waals surface area contributed by atoms with E-state index in [9.17, 15) is 4.79 Å². The second-order valence-corrected chi connectivity index (χ2v) is 5.55. The summed E-state index contributed by atoms with van der Waals surface area (Å²) in [6, 6.07) is 3.66. The molecule has 2 rings (SSSR count). The summed E-state index contributed by atoms with van der Waals surface area (Å²) in [6.07, 6.45) is 5.78. The number of Topliss-reactive ketones (excluding diaryl/α,β-unsaturated/α-hetero) is 1. The minimum absolute atomic E-state index is 0.126. The molecule has 0 aromatic carbocycles. The van der Waals surface area contributed by atoms with Gasteiger partial charge in [-0.3, -0.25) is 4.79 Å². The number of hydrogen-bond acceptors (Lipinski definition) is 4. The maximum absolute atomic E-state index is 12.6. The molecule has 1 heterocycles. The lowest BCUT2D eigenvalue weighted by atomic mass is 9.75. The zero-order valence-electron chi connectivity index (χ0n) is 11.7. The van der Waals surface area contributed by atoms with Crippen molar-refractivity contribution in [1.82, 2.24) is 4.98 Å². The first-order valence-electron chi connectivity index (χ1n) is 6.85. The zero-order valence-corrected chi connectivity index (χ0v) is 11.7. The van der Waals surface area contributed by atoms with Crippen LogP contribution >= 0.6 is 0 Å². The first-order valence-corrected chi connectivity index (χ1v) is 6.85. The zero-order chi connectivity index (χ0) is 13.9. The Hall–Kier alpha value is -1.42. The van der Waals surface area contributed by atoms with Crippen LogP contribution in [0.3, 0.4) is 0 Å². The number of ether oxygens (including phenoxy) is 1. The van der Waals surface area contributed by atoms with E-state index in [2.05, 4.69) is 11.9 Å². The summed E-state index contributed by atoms with van der Waals surface area (Å²) >= 11 is 0. The van der Waals surface area contributed by atoms with Gasteiger partial charge in [0.05, 0.1) is 0 Å². The van der Waals surface area contributed by atoms with Crippen LogP contribution in [0.5, 0.6) is 0 Å². The average molecular weight is 262 g/mol. The molecule has 0 spiro atoms. The number of nitrogen functional groups attached to an aromatic ring is 1. The third-order valence-electron chi connectivity index (χ3n) is 4.13. The molecule has 1 fully saturated rings. The molecular formula is C15H22N2O2. The van der Waals surface area contributed by atoms with E-state index < -0.39 is 5.60 Å². The fraction of sp³-hybridized carbons (Fsp3) is 0.600. The van der Waals surface area contributed by atoms with Gasteiger partial charge in [0.1, 0.15) is 11.4 Å². The van der Waals surface area contributed by atoms with Gasteiger partial charge in [-0.1, -0.05) is 19.4 Å². The highest BCUT2D eigenvalue weighted by atomic mass is 16.5. The predicted molar refractivity (Wildman–Crippen MR) is 74.7 cm³/mol. The number of ketones is 1. The highest BCUT2D eigenvalue weighted by Crippen LogP contribution is 2.36. The van der Waals surface area contributed by atoms with Crippen molar-refractivity contribution in [3.05, 3.63) is 23.9 Å². The molecule has 104 valence electrons. The van der Waals surface area contributed by atoms with Crippen LogP contribution in [0.4, 0.5) is 5.82 Å². The predicted octanol–water partition coefficient (Wildman–Crippen LogP) is 2.37. The topological polar surface area (TPSA) is 65.2 Å². The normalized spacial score (nSPS) is 27.2. The largest absolute Gasteiger partial charge is 0.383 e. The van der Waals surface area contributed by atoms with Crippen LogP contribution in [0, 0.1) is 5.92 Å². The molecule has 0 saturated heterocycles. The Morgan fingerprint density at radius 1 is 1.63 bits per heavy atom. The number of carbonyl (C=O) groups is 1. The Morgan fingerprint density at radius 2 is 2.42 bits per heavy atom. The minimum atomic E-state index is -0.625. The van der Waals surface area contributed by atoms with E-state index in [-0.39, 0.29) is 5.78 Å². The molecule has 0 radical (unpaired) electrons. The number of methoxy groups -OCH3 is 1. The Morgan fingerprint density at radius 3 is 3.05 bits per heavy atom. The van der Waals surface area contributed by atoms with Gasteiger partial charge in [0.25, 0.3) is 0 Å². The molecule has 0 amide bonds. The number of nitrogens with zero attached hydrogens (tertiary/aromatic N) is 1. The molecular weight excluding hydrogens is 240 g/mol. The van der Waals surface area contributed by atoms with Crippen LogP contribution in [0.2, 0.25) is 0 Å². The number of carbonyl (C=O) groups excluding carboxylic acids is 1. The number of aromatic nitrogens is 1. The van der Waals surface area contributed by atoms with Crippen molar-refractivity contribution in [1.29, 1.82) is 0 Å². The van der Waals surface area contributed by atoms with Crippen molar-refractivity contribution in [2.75, 3.05) is 12.8 Å². The van der Waals surface area contributed by atoms with Crippen LogP contribution in [0.1, 0.15) is 38.2 Å². The summed E-state index contributed by atoms with van der Waals surface area (Å²) in [4.78, 5) is 16.6. The molecule has 2 N–H and O–H groups in total. The molecule has 2 atom stereocenters. The third-order valence-corrected chi connectivity index (χ3v) is 4.13. The van der Waals surface area contributed by atoms with Crippen molar-refractivity contribution in [2.24, 2.45) is 5.92 Å². The molecule has 1 aromatic heterocycles. The second-order valence-electron chi connectivity index (χ2n) is 5.55. The van der Waals surface area contributed by atoms with Crippen molar-refractivity contribution < 1.29 is 9.53 Å². The van der Waals surface area contributed by atoms with Gasteiger partial charge in [0, 0.05) is 25.3 Å². The van der Waals surface area contributed by atoms with Crippen LogP contribution in [0.25, 0.3) is 0 Å². The van der Waals surface area contributed by atoms with Crippen molar-refractivity contribution >= 4 is 11.6 Å². The number of nitrogens with two attached hydrogens (primary N) is 1. The fourth-order valence-electron chi connectivity index (χ4n) is 2.99. The van der Waals surface area contributed by atoms with Gasteiger partial charge in [0.2, 0.25) is 0 Å². The molecule has 4 nitrogen and oxygen atoms in total. The minimum Gasteiger partial charge on any atom is -0.383 e. The van der Waals surface area contributed by atoms with E-state index in [0.717, 1.165) is 24.8 Å². The molecule has 1 aliphatic rings. The fourth-order valence-corrected chi connectivity index (χ4v) is 2.99. The number of pyridine rings is 1. The molecule has 19 heavy (non-hydrogen) atoms. The number of anilines is 1. The van der Waals surface area contributed by atoms with E-state index in [1.54, 1.807) is 13.3 Å². The van der Waals surface area contributed by atoms with Crippen molar-refractivity contribution in [2.45, 2.75) is 44.6 Å². The maximum Gasteiger partial charge on any atom is 0.169 e. The van der Waals surface area contributed by atoms with Crippen LogP contribution < -0.4 is 5.73 Å². The SMILES string of the molecule is COC1(C(=O)Cc2cccnc2N)CCCC(C)C1. The maximum atomic E-state index is 12.6. The lowest BCUT2D eigenvalue weighted by Crippen LogP contribution is -2.45. The number of rotatable bonds is 4. The summed E-state index contributed by atoms with van der Waals surface area (Å²) in [5.74, 6) is 1.09. The van der Waals surface area contributed by atoms with Crippen LogP contribution in [0.15, 0.2) is 18.3 Å². The Balaban J connectivity index is 2.15. The molecule has 0 bridgehead atoms. The van der Waals surface area contributed by atoms with E-state index in [1.807, 2.05) is 12.1 Å². The second kappa shape index (κ2) is 5.70. The van der Waals surface area contributed by atoms with Gasteiger partial charge in [-0.05, 0) is 31.2 Å². The first-order chi connectivity index (χ1) is 9.07. The Kier molecular flexibility index (Phi) is 4.20. The lowest BCUT2D eigenvalue weighted by Gasteiger charge is -2.37. The smallest absolute Gasteiger partial charge is 0.169 e. The highest BCUT2D eigenvalue weighted by Gasteiger charge is 2.41. The van der Waals surface area contributed by atoms with Crippen LogP contribution in [-0.4, -0.2) is 23.5 Å². The molecule has 1 saturated carbocycles. The van der Waals surface area contributed by atoms with E-state index in [0.29, 0.717) is 18.2 Å². The van der Waals surface area contributed by atoms with Crippen molar-refractivity contribution in [3.8, 4) is 0 Å².